The summed E-state index contributed by atoms with van der Waals surface area (Å²) >= 11 is 1.61. The first-order valence-electron chi connectivity index (χ1n) is 7.80. The Hall–Kier alpha value is -1.96. The lowest BCUT2D eigenvalue weighted by atomic mass is 10.2. The van der Waals surface area contributed by atoms with Crippen LogP contribution in [-0.4, -0.2) is 27.7 Å². The summed E-state index contributed by atoms with van der Waals surface area (Å²) in [7, 11) is 0. The molecule has 0 saturated carbocycles. The van der Waals surface area contributed by atoms with Gasteiger partial charge in [-0.05, 0) is 13.3 Å². The van der Waals surface area contributed by atoms with Crippen molar-refractivity contribution in [3.63, 3.8) is 0 Å². The van der Waals surface area contributed by atoms with E-state index in [9.17, 15) is 4.79 Å². The highest BCUT2D eigenvalue weighted by atomic mass is 32.1. The number of carbonyl (C=O) groups is 1. The van der Waals surface area contributed by atoms with Crippen LogP contribution in [0.5, 0.6) is 0 Å². The number of hydrogen-bond donors (Lipinski definition) is 2. The molecule has 0 radical (unpaired) electrons. The zero-order valence-corrected chi connectivity index (χ0v) is 14.7. The maximum Gasteiger partial charge on any atom is 0.315 e. The summed E-state index contributed by atoms with van der Waals surface area (Å²) in [4.78, 5) is 20.6. The number of urea groups is 1. The van der Waals surface area contributed by atoms with E-state index in [0.29, 0.717) is 24.7 Å². The number of hydrogen-bond acceptors (Lipinski definition) is 6. The van der Waals surface area contributed by atoms with Crippen molar-refractivity contribution < 1.29 is 9.32 Å². The molecule has 126 valence electrons. The van der Waals surface area contributed by atoms with Crippen molar-refractivity contribution in [3.8, 4) is 0 Å². The van der Waals surface area contributed by atoms with Gasteiger partial charge in [-0.1, -0.05) is 25.9 Å². The quantitative estimate of drug-likeness (QED) is 0.810. The molecule has 2 N–H and O–H groups in total. The van der Waals surface area contributed by atoms with Crippen molar-refractivity contribution in [3.05, 3.63) is 27.8 Å². The zero-order valence-electron chi connectivity index (χ0n) is 13.9. The van der Waals surface area contributed by atoms with Gasteiger partial charge in [-0.15, -0.1) is 11.3 Å². The number of thiazole rings is 1. The van der Waals surface area contributed by atoms with Crippen LogP contribution >= 0.6 is 11.3 Å². The van der Waals surface area contributed by atoms with E-state index in [0.717, 1.165) is 17.1 Å². The van der Waals surface area contributed by atoms with Gasteiger partial charge in [0.05, 0.1) is 16.7 Å². The van der Waals surface area contributed by atoms with Crippen LogP contribution in [0.15, 0.2) is 9.90 Å². The van der Waals surface area contributed by atoms with Crippen LogP contribution in [0.1, 0.15) is 62.1 Å². The van der Waals surface area contributed by atoms with E-state index >= 15 is 0 Å². The molecule has 2 rings (SSSR count). The molecule has 8 heteroatoms. The predicted molar refractivity (Wildman–Crippen MR) is 88.5 cm³/mol. The van der Waals surface area contributed by atoms with Gasteiger partial charge in [0, 0.05) is 24.3 Å². The summed E-state index contributed by atoms with van der Waals surface area (Å²) in [6.07, 6.45) is 1.42. The van der Waals surface area contributed by atoms with Gasteiger partial charge in [0.25, 0.3) is 0 Å². The normalized spacial score (nSPS) is 12.4. The SMILES string of the molecule is CCc1nc(C(C)NC(=O)NCCc2nc(C(C)C)no2)cs1. The lowest BCUT2D eigenvalue weighted by Gasteiger charge is -2.12. The minimum Gasteiger partial charge on any atom is -0.339 e. The molecule has 2 aromatic heterocycles. The molecule has 0 aliphatic carbocycles. The fourth-order valence-corrected chi connectivity index (χ4v) is 2.73. The lowest BCUT2D eigenvalue weighted by Crippen LogP contribution is -2.38. The van der Waals surface area contributed by atoms with Crippen LogP contribution in [0.4, 0.5) is 4.79 Å². The highest BCUT2D eigenvalue weighted by Gasteiger charge is 2.13. The summed E-state index contributed by atoms with van der Waals surface area (Å²) in [5.74, 6) is 1.46. The van der Waals surface area contributed by atoms with Crippen molar-refractivity contribution in [2.45, 2.75) is 52.5 Å². The minimum absolute atomic E-state index is 0.123. The predicted octanol–water partition coefficient (Wildman–Crippen LogP) is 2.81. The first-order valence-corrected chi connectivity index (χ1v) is 8.68. The van der Waals surface area contributed by atoms with Crippen molar-refractivity contribution >= 4 is 17.4 Å². The molecule has 2 aromatic rings. The average molecular weight is 337 g/mol. The summed E-state index contributed by atoms with van der Waals surface area (Å²) in [6.45, 7) is 8.43. The van der Waals surface area contributed by atoms with Crippen molar-refractivity contribution in [2.24, 2.45) is 0 Å². The zero-order chi connectivity index (χ0) is 16.8. The third kappa shape index (κ3) is 5.02. The van der Waals surface area contributed by atoms with Crippen LogP contribution in [0, 0.1) is 0 Å². The summed E-state index contributed by atoms with van der Waals surface area (Å²) in [5.41, 5.74) is 0.889. The Kier molecular flexibility index (Phi) is 6.09. The van der Waals surface area contributed by atoms with E-state index in [2.05, 4.69) is 32.7 Å². The molecular weight excluding hydrogens is 314 g/mol. The second-order valence-electron chi connectivity index (χ2n) is 5.59. The Bertz CT molecular complexity index is 637. The summed E-state index contributed by atoms with van der Waals surface area (Å²) in [5, 5.41) is 12.6. The smallest absolute Gasteiger partial charge is 0.315 e. The Morgan fingerprint density at radius 1 is 1.35 bits per heavy atom. The lowest BCUT2D eigenvalue weighted by molar-refractivity contribution is 0.237. The second-order valence-corrected chi connectivity index (χ2v) is 6.54. The van der Waals surface area contributed by atoms with E-state index in [4.69, 9.17) is 4.52 Å². The Labute approximate surface area is 139 Å². The topological polar surface area (TPSA) is 92.9 Å². The van der Waals surface area contributed by atoms with Crippen LogP contribution in [0.2, 0.25) is 0 Å². The fourth-order valence-electron chi connectivity index (χ4n) is 1.90. The number of rotatable bonds is 7. The molecule has 0 aromatic carbocycles. The summed E-state index contributed by atoms with van der Waals surface area (Å²) < 4.78 is 5.13. The molecule has 0 aliphatic heterocycles. The molecule has 2 heterocycles. The Morgan fingerprint density at radius 2 is 2.13 bits per heavy atom. The molecule has 0 fully saturated rings. The standard InChI is InChI=1S/C15H23N5O2S/c1-5-13-18-11(8-23-13)10(4)17-15(21)16-7-6-12-19-14(9(2)3)20-22-12/h8-10H,5-7H2,1-4H3,(H2,16,17,21). The van der Waals surface area contributed by atoms with Gasteiger partial charge in [-0.2, -0.15) is 4.98 Å². The molecule has 1 atom stereocenters. The number of nitrogens with zero attached hydrogens (tertiary/aromatic N) is 3. The number of nitrogens with one attached hydrogen (secondary N) is 2. The van der Waals surface area contributed by atoms with E-state index < -0.39 is 0 Å². The largest absolute Gasteiger partial charge is 0.339 e. The molecule has 1 unspecified atom stereocenters. The van der Waals surface area contributed by atoms with E-state index in [1.165, 1.54) is 0 Å². The van der Waals surface area contributed by atoms with Crippen molar-refractivity contribution in [1.29, 1.82) is 0 Å². The van der Waals surface area contributed by atoms with E-state index in [1.807, 2.05) is 26.2 Å². The third-order valence-electron chi connectivity index (χ3n) is 3.29. The van der Waals surface area contributed by atoms with Gasteiger partial charge in [-0.25, -0.2) is 9.78 Å². The van der Waals surface area contributed by atoms with Crippen molar-refractivity contribution in [2.75, 3.05) is 6.54 Å². The van der Waals surface area contributed by atoms with Crippen LogP contribution < -0.4 is 10.6 Å². The first kappa shape index (κ1) is 17.4. The van der Waals surface area contributed by atoms with Gasteiger partial charge < -0.3 is 15.2 Å². The number of aryl methyl sites for hydroxylation is 1. The van der Waals surface area contributed by atoms with Gasteiger partial charge in [0.2, 0.25) is 5.89 Å². The highest BCUT2D eigenvalue weighted by Crippen LogP contribution is 2.16. The molecular formula is C15H23N5O2S. The summed E-state index contributed by atoms with van der Waals surface area (Å²) in [6, 6.07) is -0.352. The molecule has 0 bridgehead atoms. The van der Waals surface area contributed by atoms with Crippen LogP contribution in [0.3, 0.4) is 0 Å². The highest BCUT2D eigenvalue weighted by molar-refractivity contribution is 7.09. The fraction of sp³-hybridized carbons (Fsp3) is 0.600. The Morgan fingerprint density at radius 3 is 2.74 bits per heavy atom. The van der Waals surface area contributed by atoms with Crippen molar-refractivity contribution in [1.82, 2.24) is 25.8 Å². The maximum atomic E-state index is 11.9. The molecule has 0 saturated heterocycles. The maximum absolute atomic E-state index is 11.9. The van der Waals surface area contributed by atoms with Gasteiger partial charge >= 0.3 is 6.03 Å². The molecule has 7 nitrogen and oxygen atoms in total. The Balaban J connectivity index is 1.73. The number of carbonyl (C=O) groups excluding carboxylic acids is 1. The minimum atomic E-state index is -0.229. The van der Waals surface area contributed by atoms with E-state index in [1.54, 1.807) is 11.3 Å². The molecule has 23 heavy (non-hydrogen) atoms. The number of amides is 2. The monoisotopic (exact) mass is 337 g/mol. The second kappa shape index (κ2) is 8.05. The average Bonchev–Trinajstić information content (AvgIpc) is 3.16. The first-order chi connectivity index (χ1) is 11.0. The van der Waals surface area contributed by atoms with Gasteiger partial charge in [0.1, 0.15) is 0 Å². The van der Waals surface area contributed by atoms with Gasteiger partial charge in [-0.3, -0.25) is 0 Å². The third-order valence-corrected chi connectivity index (χ3v) is 4.30. The van der Waals surface area contributed by atoms with Crippen LogP contribution in [0.25, 0.3) is 0 Å². The molecule has 0 aliphatic rings. The van der Waals surface area contributed by atoms with E-state index in [-0.39, 0.29) is 18.0 Å². The van der Waals surface area contributed by atoms with Crippen LogP contribution in [-0.2, 0) is 12.8 Å². The number of aromatic nitrogens is 3. The molecule has 0 spiro atoms. The van der Waals surface area contributed by atoms with Gasteiger partial charge in [0.15, 0.2) is 5.82 Å². The molecule has 2 amide bonds.